The second-order valence-corrected chi connectivity index (χ2v) is 18.0. The summed E-state index contributed by atoms with van der Waals surface area (Å²) in [5.74, 6) is 0.579. The van der Waals surface area contributed by atoms with Crippen LogP contribution in [0.15, 0.2) is 54.6 Å². The Bertz CT molecular complexity index is 1660. The van der Waals surface area contributed by atoms with Crippen molar-refractivity contribution < 1.29 is 15.3 Å². The highest BCUT2D eigenvalue weighted by Gasteiger charge is 2.42. The zero-order valence-electron chi connectivity index (χ0n) is 31.7. The molecule has 6 nitrogen and oxygen atoms in total. The van der Waals surface area contributed by atoms with E-state index >= 15 is 0 Å². The van der Waals surface area contributed by atoms with E-state index in [1.807, 2.05) is 45.4 Å². The minimum Gasteiger partial charge on any atom is -0.385 e. The zero-order valence-corrected chi connectivity index (χ0v) is 36.2. The van der Waals surface area contributed by atoms with Gasteiger partial charge in [-0.1, -0.05) is 126 Å². The van der Waals surface area contributed by atoms with Gasteiger partial charge in [0, 0.05) is 30.8 Å². The highest BCUT2D eigenvalue weighted by molar-refractivity contribution is 6.43. The van der Waals surface area contributed by atoms with Crippen molar-refractivity contribution in [2.45, 2.75) is 93.9 Å². The van der Waals surface area contributed by atoms with Gasteiger partial charge >= 0.3 is 0 Å². The summed E-state index contributed by atoms with van der Waals surface area (Å²) in [4.78, 5) is 2.14. The van der Waals surface area contributed by atoms with E-state index < -0.39 is 16.8 Å². The van der Waals surface area contributed by atoms with Crippen LogP contribution in [0.1, 0.15) is 93.7 Å². The van der Waals surface area contributed by atoms with Gasteiger partial charge in [-0.25, -0.2) is 0 Å². The SMILES string of the molecule is CN(C)C[C@@H]1CCCC[C@@]1(O)c1ccc(Cl)c(Cl)c1.CNC[C@@H]1CCCC[C@@]1(O)c1ccc(Cl)c(Cl)c1.NC[C@@H]1CCCC[C@@]1(O)c1ccc(Cl)c(Cl)c1. The van der Waals surface area contributed by atoms with E-state index in [1.165, 1.54) is 12.8 Å². The van der Waals surface area contributed by atoms with Gasteiger partial charge in [-0.15, -0.1) is 0 Å². The second-order valence-electron chi connectivity index (χ2n) is 15.5. The van der Waals surface area contributed by atoms with E-state index in [0.29, 0.717) is 36.7 Å². The fourth-order valence-electron chi connectivity index (χ4n) is 8.63. The molecule has 0 saturated heterocycles. The Hall–Kier alpha value is -0.840. The molecule has 0 heterocycles. The molecule has 3 fully saturated rings. The topological polar surface area (TPSA) is 102 Å². The summed E-state index contributed by atoms with van der Waals surface area (Å²) in [6, 6.07) is 16.3. The molecule has 300 valence electrons. The fraction of sp³-hybridized carbons (Fsp3) is 0.571. The Kier molecular flexibility index (Phi) is 17.6. The van der Waals surface area contributed by atoms with Crippen LogP contribution >= 0.6 is 69.6 Å². The molecule has 3 saturated carbocycles. The largest absolute Gasteiger partial charge is 0.385 e. The average molecular weight is 865 g/mol. The molecular weight excluding hydrogens is 807 g/mol. The highest BCUT2D eigenvalue weighted by atomic mass is 35.5. The summed E-state index contributed by atoms with van der Waals surface area (Å²) in [6.07, 6.45) is 12.0. The minimum atomic E-state index is -0.846. The maximum atomic E-state index is 11.1. The molecule has 54 heavy (non-hydrogen) atoms. The lowest BCUT2D eigenvalue weighted by Gasteiger charge is -2.41. The van der Waals surface area contributed by atoms with Crippen molar-refractivity contribution in [3.63, 3.8) is 0 Å². The quantitative estimate of drug-likeness (QED) is 0.155. The Morgan fingerprint density at radius 3 is 1.28 bits per heavy atom. The predicted octanol–water partition coefficient (Wildman–Crippen LogP) is 10.9. The summed E-state index contributed by atoms with van der Waals surface area (Å²) in [5.41, 5.74) is 5.97. The van der Waals surface area contributed by atoms with E-state index in [4.69, 9.17) is 75.3 Å². The first kappa shape index (κ1) is 45.9. The number of rotatable bonds is 8. The molecule has 3 aliphatic rings. The number of benzene rings is 3. The lowest BCUT2D eigenvalue weighted by molar-refractivity contribution is -0.0618. The van der Waals surface area contributed by atoms with Crippen LogP contribution in [0, 0.1) is 17.8 Å². The molecule has 6 atom stereocenters. The van der Waals surface area contributed by atoms with Gasteiger partial charge in [-0.3, -0.25) is 0 Å². The number of hydrogen-bond acceptors (Lipinski definition) is 6. The molecule has 0 aromatic heterocycles. The number of nitrogens with zero attached hydrogens (tertiary/aromatic N) is 1. The molecule has 3 aromatic rings. The molecule has 0 aliphatic heterocycles. The molecule has 6 N–H and O–H groups in total. The van der Waals surface area contributed by atoms with Gasteiger partial charge in [0.1, 0.15) is 0 Å². The average Bonchev–Trinajstić information content (AvgIpc) is 3.14. The van der Waals surface area contributed by atoms with Crippen LogP contribution in [0.5, 0.6) is 0 Å². The monoisotopic (exact) mass is 861 g/mol. The van der Waals surface area contributed by atoms with Gasteiger partial charge < -0.3 is 31.3 Å². The third-order valence-electron chi connectivity index (χ3n) is 11.7. The molecule has 6 rings (SSSR count). The highest BCUT2D eigenvalue weighted by Crippen LogP contribution is 2.45. The molecule has 0 spiro atoms. The second kappa shape index (κ2) is 20.7. The Balaban J connectivity index is 0.000000181. The van der Waals surface area contributed by atoms with E-state index in [0.717, 1.165) is 94.0 Å². The lowest BCUT2D eigenvalue weighted by atomic mass is 9.71. The summed E-state index contributed by atoms with van der Waals surface area (Å²) in [6.45, 7) is 2.20. The van der Waals surface area contributed by atoms with Gasteiger partial charge in [0.25, 0.3) is 0 Å². The van der Waals surface area contributed by atoms with Crippen LogP contribution in [0.2, 0.25) is 30.1 Å². The number of nitrogens with two attached hydrogens (primary N) is 1. The van der Waals surface area contributed by atoms with Crippen LogP contribution in [0.3, 0.4) is 0 Å². The Morgan fingerprint density at radius 2 is 0.926 bits per heavy atom. The molecule has 12 heteroatoms. The van der Waals surface area contributed by atoms with Crippen molar-refractivity contribution in [3.8, 4) is 0 Å². The molecule has 0 amide bonds. The maximum Gasteiger partial charge on any atom is 0.0937 e. The first-order valence-electron chi connectivity index (χ1n) is 19.1. The first-order chi connectivity index (χ1) is 25.6. The number of hydrogen-bond donors (Lipinski definition) is 5. The molecule has 3 aliphatic carbocycles. The summed E-state index contributed by atoms with van der Waals surface area (Å²) in [5, 5.41) is 39.2. The van der Waals surface area contributed by atoms with Crippen LogP contribution in [-0.2, 0) is 16.8 Å². The summed E-state index contributed by atoms with van der Waals surface area (Å²) >= 11 is 36.0. The first-order valence-corrected chi connectivity index (χ1v) is 21.4. The molecule has 0 radical (unpaired) electrons. The minimum absolute atomic E-state index is 0.105. The van der Waals surface area contributed by atoms with Gasteiger partial charge in [0.15, 0.2) is 0 Å². The standard InChI is InChI=1S/C15H21Cl2NO.C14H19Cl2NO.C13H17Cl2NO/c1-18(2)10-12-5-3-4-8-15(12,19)11-6-7-13(16)14(17)9-11;1-17-9-11-4-2-3-7-14(11,18)10-5-6-12(15)13(16)8-10;14-11-5-4-9(7-12(11)15)13(17)6-2-1-3-10(13)8-16/h6-7,9,12,19H,3-5,8,10H2,1-2H3;5-6,8,11,17-18H,2-4,7,9H2,1H3;4-5,7,10,17H,1-3,6,8,16H2/t12-,15+;11-,14+;10-,13+/m000/s1. The molecular formula is C42H57Cl6N3O3. The Morgan fingerprint density at radius 1 is 0.574 bits per heavy atom. The van der Waals surface area contributed by atoms with Crippen molar-refractivity contribution in [2.24, 2.45) is 23.5 Å². The predicted molar refractivity (Wildman–Crippen MR) is 228 cm³/mol. The number of halogens is 6. The molecule has 3 aromatic carbocycles. The van der Waals surface area contributed by atoms with Gasteiger partial charge in [0.05, 0.1) is 46.9 Å². The van der Waals surface area contributed by atoms with Crippen LogP contribution < -0.4 is 11.1 Å². The van der Waals surface area contributed by atoms with E-state index in [1.54, 1.807) is 30.3 Å². The van der Waals surface area contributed by atoms with E-state index in [-0.39, 0.29) is 17.8 Å². The van der Waals surface area contributed by atoms with Crippen LogP contribution in [-0.4, -0.2) is 61.0 Å². The number of aliphatic hydroxyl groups is 3. The fourth-order valence-corrected chi connectivity index (χ4v) is 9.53. The number of nitrogens with one attached hydrogen (secondary N) is 1. The van der Waals surface area contributed by atoms with Crippen molar-refractivity contribution >= 4 is 69.6 Å². The van der Waals surface area contributed by atoms with Crippen molar-refractivity contribution in [3.05, 3.63) is 101 Å². The molecule has 0 bridgehead atoms. The van der Waals surface area contributed by atoms with Gasteiger partial charge in [-0.2, -0.15) is 0 Å². The smallest absolute Gasteiger partial charge is 0.0937 e. The van der Waals surface area contributed by atoms with E-state index in [2.05, 4.69) is 10.2 Å². The normalized spacial score (nSPS) is 28.4. The Labute approximate surface area is 352 Å². The van der Waals surface area contributed by atoms with Gasteiger partial charge in [0.2, 0.25) is 0 Å². The van der Waals surface area contributed by atoms with Crippen molar-refractivity contribution in [1.82, 2.24) is 10.2 Å². The van der Waals surface area contributed by atoms with Crippen LogP contribution in [0.4, 0.5) is 0 Å². The van der Waals surface area contributed by atoms with Gasteiger partial charge in [-0.05, 0) is 119 Å². The zero-order chi connectivity index (χ0) is 39.7. The lowest BCUT2D eigenvalue weighted by Crippen LogP contribution is -2.43. The van der Waals surface area contributed by atoms with Crippen molar-refractivity contribution in [1.29, 1.82) is 0 Å². The maximum absolute atomic E-state index is 11.1. The van der Waals surface area contributed by atoms with E-state index in [9.17, 15) is 15.3 Å². The third kappa shape index (κ3) is 11.2. The molecule has 0 unspecified atom stereocenters. The third-order valence-corrected chi connectivity index (χ3v) is 13.9. The van der Waals surface area contributed by atoms with Crippen molar-refractivity contribution in [2.75, 3.05) is 40.8 Å². The summed E-state index contributed by atoms with van der Waals surface area (Å²) in [7, 11) is 6.01. The summed E-state index contributed by atoms with van der Waals surface area (Å²) < 4.78 is 0. The van der Waals surface area contributed by atoms with Crippen LogP contribution in [0.25, 0.3) is 0 Å².